The average Bonchev–Trinajstić information content (AvgIpc) is 3.23. The number of fused-ring (bicyclic) bond motifs is 3. The van der Waals surface area contributed by atoms with Crippen LogP contribution in [-0.4, -0.2) is 94.9 Å². The Morgan fingerprint density at radius 1 is 0.397 bits per heavy atom. The maximum atomic E-state index is 12.9. The Bertz CT molecular complexity index is 2800. The van der Waals surface area contributed by atoms with Crippen molar-refractivity contribution in [3.8, 4) is 86.2 Å². The zero-order chi connectivity index (χ0) is 44.9. The summed E-state index contributed by atoms with van der Waals surface area (Å²) in [6, 6.07) is 15.2. The molecule has 9 rings (SSSR count). The van der Waals surface area contributed by atoms with Gasteiger partial charge >= 0.3 is 0 Å². The molecule has 8 atom stereocenters. The fourth-order valence-electron chi connectivity index (χ4n) is 8.89. The summed E-state index contributed by atoms with van der Waals surface area (Å²) >= 11 is 0. The molecule has 326 valence electrons. The van der Waals surface area contributed by atoms with Crippen molar-refractivity contribution in [1.82, 2.24) is 0 Å². The SMILES string of the molecule is Oc1ccc2c(c1)O[C@H](c1cc(O)c(O)c(O)c1)[C@@H](O)[C@@H]2c1c(O)c2c(c([C@@H]3c4ccc(O)cc4O[C@H](c4cc(O)c(O)c(O)c4)[C@H]3O)c1O)O[C@H](c1ccc(O)c(O)c1)[C@@H](O)C2. The third-order valence-corrected chi connectivity index (χ3v) is 11.8. The van der Waals surface area contributed by atoms with Gasteiger partial charge in [0.2, 0.25) is 0 Å². The molecule has 3 aliphatic heterocycles. The van der Waals surface area contributed by atoms with Crippen LogP contribution in [0, 0.1) is 0 Å². The van der Waals surface area contributed by atoms with Crippen LogP contribution in [0.25, 0.3) is 0 Å². The molecule has 18 heteroatoms. The molecule has 0 amide bonds. The van der Waals surface area contributed by atoms with Crippen molar-refractivity contribution in [3.05, 3.63) is 123 Å². The standard InChI is InChI=1S/C45H38O18/c46-18-2-4-20-30(12-18)61-43(16-8-25(50)37(56)26(51)9-16)40(59)32(20)34-36(55)22-14-29(54)42(15-1-6-23(48)24(49)7-15)63-45(22)35(39(34)58)33-21-5-3-19(47)13-31(21)62-44(41(33)60)17-10-27(52)38(57)28(53)11-17/h1-13,29,32-33,40-44,46-60H,14H2/t29-,32-,33-,40-,41-,42+,43+,44+/m0/s1. The van der Waals surface area contributed by atoms with Gasteiger partial charge in [-0.1, -0.05) is 18.2 Å². The molecule has 0 saturated heterocycles. The summed E-state index contributed by atoms with van der Waals surface area (Å²) in [6.07, 6.45) is -10.1. The van der Waals surface area contributed by atoms with Gasteiger partial charge in [0, 0.05) is 69.3 Å². The van der Waals surface area contributed by atoms with Crippen LogP contribution >= 0.6 is 0 Å². The second-order valence-electron chi connectivity index (χ2n) is 15.7. The molecule has 0 spiro atoms. The highest BCUT2D eigenvalue weighted by Gasteiger charge is 2.49. The van der Waals surface area contributed by atoms with E-state index in [1.165, 1.54) is 42.5 Å². The Morgan fingerprint density at radius 3 is 1.33 bits per heavy atom. The summed E-state index contributed by atoms with van der Waals surface area (Å²) in [7, 11) is 0. The molecule has 0 fully saturated rings. The fraction of sp³-hybridized carbons (Fsp3) is 0.200. The van der Waals surface area contributed by atoms with E-state index in [9.17, 15) is 76.6 Å². The summed E-state index contributed by atoms with van der Waals surface area (Å²) in [5.41, 5.74) is -0.716. The number of ether oxygens (including phenoxy) is 3. The first-order chi connectivity index (χ1) is 29.9. The lowest BCUT2D eigenvalue weighted by atomic mass is 9.73. The van der Waals surface area contributed by atoms with Crippen molar-refractivity contribution in [2.75, 3.05) is 0 Å². The van der Waals surface area contributed by atoms with Crippen LogP contribution in [0.3, 0.4) is 0 Å². The molecule has 0 bridgehead atoms. The quantitative estimate of drug-likeness (QED) is 0.106. The molecule has 6 aromatic carbocycles. The maximum Gasteiger partial charge on any atom is 0.200 e. The normalized spacial score (nSPS) is 23.6. The summed E-state index contributed by atoms with van der Waals surface area (Å²) in [6.45, 7) is 0. The van der Waals surface area contributed by atoms with Gasteiger partial charge in [-0.15, -0.1) is 0 Å². The highest BCUT2D eigenvalue weighted by molar-refractivity contribution is 5.70. The highest BCUT2D eigenvalue weighted by Crippen LogP contribution is 2.61. The Kier molecular flexibility index (Phi) is 9.46. The molecule has 0 aliphatic carbocycles. The number of hydrogen-bond acceptors (Lipinski definition) is 18. The Labute approximate surface area is 354 Å². The summed E-state index contributed by atoms with van der Waals surface area (Å²) in [5, 5.41) is 165. The van der Waals surface area contributed by atoms with Crippen LogP contribution in [-0.2, 0) is 6.42 Å². The van der Waals surface area contributed by atoms with E-state index < -0.39 is 118 Å². The van der Waals surface area contributed by atoms with Crippen LogP contribution in [0.15, 0.2) is 78.9 Å². The van der Waals surface area contributed by atoms with E-state index in [2.05, 4.69) is 0 Å². The Hall–Kier alpha value is -7.80. The van der Waals surface area contributed by atoms with Crippen LogP contribution in [0.2, 0.25) is 0 Å². The van der Waals surface area contributed by atoms with Crippen molar-refractivity contribution in [3.63, 3.8) is 0 Å². The third kappa shape index (κ3) is 6.46. The van der Waals surface area contributed by atoms with E-state index in [1.807, 2.05) is 0 Å². The number of benzene rings is 6. The topological polar surface area (TPSA) is 331 Å². The van der Waals surface area contributed by atoms with E-state index >= 15 is 0 Å². The molecule has 0 saturated carbocycles. The van der Waals surface area contributed by atoms with Crippen molar-refractivity contribution in [2.24, 2.45) is 0 Å². The zero-order valence-electron chi connectivity index (χ0n) is 32.3. The number of aliphatic hydroxyl groups is 3. The van der Waals surface area contributed by atoms with Gasteiger partial charge in [0.05, 0.1) is 6.10 Å². The predicted molar refractivity (Wildman–Crippen MR) is 214 cm³/mol. The van der Waals surface area contributed by atoms with Crippen LogP contribution in [0.5, 0.6) is 86.2 Å². The molecule has 0 unspecified atom stereocenters. The monoisotopic (exact) mass is 866 g/mol. The minimum Gasteiger partial charge on any atom is -0.508 e. The number of aromatic hydroxyl groups is 12. The van der Waals surface area contributed by atoms with E-state index in [-0.39, 0.29) is 67.7 Å². The van der Waals surface area contributed by atoms with Gasteiger partial charge in [-0.25, -0.2) is 0 Å². The molecule has 18 nitrogen and oxygen atoms in total. The Balaban J connectivity index is 1.32. The lowest BCUT2D eigenvalue weighted by Crippen LogP contribution is -2.38. The molecular weight excluding hydrogens is 828 g/mol. The number of aliphatic hydroxyl groups excluding tert-OH is 3. The first-order valence-electron chi connectivity index (χ1n) is 19.3. The first-order valence-corrected chi connectivity index (χ1v) is 19.3. The van der Waals surface area contributed by atoms with E-state index in [0.717, 1.165) is 36.4 Å². The van der Waals surface area contributed by atoms with E-state index in [4.69, 9.17) is 14.2 Å². The smallest absolute Gasteiger partial charge is 0.200 e. The Morgan fingerprint density at radius 2 is 0.857 bits per heavy atom. The van der Waals surface area contributed by atoms with Gasteiger partial charge in [0.25, 0.3) is 0 Å². The average molecular weight is 867 g/mol. The molecule has 3 heterocycles. The molecular formula is C45H38O18. The van der Waals surface area contributed by atoms with Gasteiger partial charge in [-0.3, -0.25) is 0 Å². The van der Waals surface area contributed by atoms with Crippen LogP contribution in [0.4, 0.5) is 0 Å². The van der Waals surface area contributed by atoms with Crippen LogP contribution in [0.1, 0.15) is 74.7 Å². The number of phenolic OH excluding ortho intramolecular Hbond substituents is 12. The van der Waals surface area contributed by atoms with Crippen molar-refractivity contribution in [1.29, 1.82) is 0 Å². The largest absolute Gasteiger partial charge is 0.508 e. The minimum atomic E-state index is -1.84. The van der Waals surface area contributed by atoms with Crippen molar-refractivity contribution < 1.29 is 90.8 Å². The number of hydrogen-bond donors (Lipinski definition) is 15. The lowest BCUT2D eigenvalue weighted by Gasteiger charge is -2.42. The molecule has 3 aliphatic rings. The number of rotatable bonds is 5. The third-order valence-electron chi connectivity index (χ3n) is 11.8. The van der Waals surface area contributed by atoms with Gasteiger partial charge in [0.1, 0.15) is 58.6 Å². The van der Waals surface area contributed by atoms with E-state index in [0.29, 0.717) is 0 Å². The van der Waals surface area contributed by atoms with Gasteiger partial charge in [-0.2, -0.15) is 0 Å². The van der Waals surface area contributed by atoms with Gasteiger partial charge in [0.15, 0.2) is 58.2 Å². The maximum absolute atomic E-state index is 12.9. The van der Waals surface area contributed by atoms with E-state index in [1.54, 1.807) is 0 Å². The first kappa shape index (κ1) is 40.6. The summed E-state index contributed by atoms with van der Waals surface area (Å²) in [5.74, 6) is -11.6. The second-order valence-corrected chi connectivity index (χ2v) is 15.7. The van der Waals surface area contributed by atoms with Gasteiger partial charge < -0.3 is 90.8 Å². The zero-order valence-corrected chi connectivity index (χ0v) is 32.3. The van der Waals surface area contributed by atoms with Crippen LogP contribution < -0.4 is 14.2 Å². The molecule has 15 N–H and O–H groups in total. The molecule has 0 radical (unpaired) electrons. The fourth-order valence-corrected chi connectivity index (χ4v) is 8.89. The second kappa shape index (κ2) is 14.7. The predicted octanol–water partition coefficient (Wildman–Crippen LogP) is 4.44. The lowest BCUT2D eigenvalue weighted by molar-refractivity contribution is 0.000294. The number of phenols is 12. The highest BCUT2D eigenvalue weighted by atomic mass is 16.5. The summed E-state index contributed by atoms with van der Waals surface area (Å²) in [4.78, 5) is 0. The van der Waals surface area contributed by atoms with Crippen molar-refractivity contribution in [2.45, 2.75) is 54.9 Å². The minimum absolute atomic E-state index is 0.0834. The molecule has 6 aromatic rings. The van der Waals surface area contributed by atoms with Crippen molar-refractivity contribution >= 4 is 0 Å². The van der Waals surface area contributed by atoms with Gasteiger partial charge in [-0.05, 0) is 54.1 Å². The molecule has 63 heavy (non-hydrogen) atoms. The molecule has 0 aromatic heterocycles. The summed E-state index contributed by atoms with van der Waals surface area (Å²) < 4.78 is 18.7.